The largest absolute Gasteiger partial charge is 0.483 e. The smallest absolute Gasteiger partial charge is 0.260 e. The van der Waals surface area contributed by atoms with Crippen molar-refractivity contribution >= 4 is 39.7 Å². The number of carbonyl (C=O) groups is 3. The summed E-state index contributed by atoms with van der Waals surface area (Å²) in [4.78, 5) is 39.9. The van der Waals surface area contributed by atoms with E-state index < -0.39 is 0 Å². The first kappa shape index (κ1) is 23.0. The molecule has 1 aliphatic heterocycles. The number of hydrogen-bond acceptors (Lipinski definition) is 5. The Balaban J connectivity index is 1.45. The maximum atomic E-state index is 12.5. The number of piperazine rings is 1. The van der Waals surface area contributed by atoms with E-state index >= 15 is 0 Å². The molecule has 0 atom stereocenters. The molecular weight excluding hydrogens is 462 g/mol. The molecular formula is C23H26BrN3O4. The number of anilines is 1. The van der Waals surface area contributed by atoms with Crippen LogP contribution in [0.3, 0.4) is 0 Å². The molecule has 0 unspecified atom stereocenters. The first-order chi connectivity index (χ1) is 14.9. The summed E-state index contributed by atoms with van der Waals surface area (Å²) < 4.78 is 6.33. The summed E-state index contributed by atoms with van der Waals surface area (Å²) in [5.41, 5.74) is 3.32. The van der Waals surface area contributed by atoms with Gasteiger partial charge in [-0.25, -0.2) is 0 Å². The third-order valence-electron chi connectivity index (χ3n) is 5.29. The minimum atomic E-state index is -0.139. The lowest BCUT2D eigenvalue weighted by Crippen LogP contribution is -2.51. The summed E-state index contributed by atoms with van der Waals surface area (Å²) in [5.74, 6) is 0.185. The molecule has 1 aliphatic rings. The zero-order chi connectivity index (χ0) is 22.4. The van der Waals surface area contributed by atoms with Gasteiger partial charge in [-0.05, 0) is 43.2 Å². The monoisotopic (exact) mass is 487 g/mol. The summed E-state index contributed by atoms with van der Waals surface area (Å²) in [6.45, 7) is 6.39. The van der Waals surface area contributed by atoms with Gasteiger partial charge in [0.1, 0.15) is 5.75 Å². The third-order valence-corrected chi connectivity index (χ3v) is 5.78. The Labute approximate surface area is 190 Å². The number of halogens is 1. The van der Waals surface area contributed by atoms with Gasteiger partial charge in [-0.15, -0.1) is 0 Å². The second kappa shape index (κ2) is 10.5. The fourth-order valence-corrected chi connectivity index (χ4v) is 3.90. The summed E-state index contributed by atoms with van der Waals surface area (Å²) in [6, 6.07) is 11.0. The molecule has 1 heterocycles. The molecule has 0 aliphatic carbocycles. The summed E-state index contributed by atoms with van der Waals surface area (Å²) in [6.07, 6.45) is 0.701. The van der Waals surface area contributed by atoms with Gasteiger partial charge in [0.2, 0.25) is 5.91 Å². The number of benzene rings is 2. The van der Waals surface area contributed by atoms with Gasteiger partial charge in [0, 0.05) is 36.3 Å². The molecule has 1 saturated heterocycles. The molecule has 0 spiro atoms. The minimum absolute atomic E-state index is 0.0582. The fraction of sp³-hybridized carbons (Fsp3) is 0.348. The molecule has 2 amide bonds. The van der Waals surface area contributed by atoms with Crippen LogP contribution in [0.15, 0.2) is 40.9 Å². The van der Waals surface area contributed by atoms with Gasteiger partial charge < -0.3 is 15.0 Å². The van der Waals surface area contributed by atoms with Crippen molar-refractivity contribution in [2.24, 2.45) is 0 Å². The molecule has 0 aromatic heterocycles. The number of hydrogen-bond donors (Lipinski definition) is 1. The van der Waals surface area contributed by atoms with Crippen LogP contribution in [0, 0.1) is 13.8 Å². The number of rotatable bonds is 7. The molecule has 0 saturated carbocycles. The van der Waals surface area contributed by atoms with Crippen LogP contribution in [-0.4, -0.2) is 67.2 Å². The topological polar surface area (TPSA) is 79.0 Å². The average molecular weight is 488 g/mol. The zero-order valence-corrected chi connectivity index (χ0v) is 19.3. The van der Waals surface area contributed by atoms with Crippen LogP contribution in [0.4, 0.5) is 5.69 Å². The Hall–Kier alpha value is -2.71. The quantitative estimate of drug-likeness (QED) is 0.607. The lowest BCUT2D eigenvalue weighted by Gasteiger charge is -2.34. The van der Waals surface area contributed by atoms with Crippen molar-refractivity contribution < 1.29 is 19.1 Å². The van der Waals surface area contributed by atoms with Crippen LogP contribution < -0.4 is 10.1 Å². The normalized spacial score (nSPS) is 14.2. The van der Waals surface area contributed by atoms with E-state index in [1.165, 1.54) is 0 Å². The zero-order valence-electron chi connectivity index (χ0n) is 17.7. The number of aryl methyl sites for hydroxylation is 2. The van der Waals surface area contributed by atoms with Crippen molar-refractivity contribution in [1.82, 2.24) is 9.80 Å². The summed E-state index contributed by atoms with van der Waals surface area (Å²) in [5, 5.41) is 3.00. The number of para-hydroxylation sites is 1. The number of amides is 2. The summed E-state index contributed by atoms with van der Waals surface area (Å²) in [7, 11) is 0. The molecule has 2 aromatic carbocycles. The van der Waals surface area contributed by atoms with Crippen molar-refractivity contribution in [2.75, 3.05) is 44.6 Å². The predicted octanol–water partition coefficient (Wildman–Crippen LogP) is 3.04. The van der Waals surface area contributed by atoms with Gasteiger partial charge in [-0.1, -0.05) is 34.1 Å². The van der Waals surface area contributed by atoms with Crippen molar-refractivity contribution in [3.05, 3.63) is 57.6 Å². The lowest BCUT2D eigenvalue weighted by atomic mass is 10.1. The molecule has 8 heteroatoms. The van der Waals surface area contributed by atoms with E-state index in [-0.39, 0.29) is 25.0 Å². The van der Waals surface area contributed by atoms with Crippen molar-refractivity contribution in [3.8, 4) is 5.75 Å². The van der Waals surface area contributed by atoms with E-state index in [1.807, 2.05) is 36.9 Å². The highest BCUT2D eigenvalue weighted by Gasteiger charge is 2.23. The predicted molar refractivity (Wildman–Crippen MR) is 123 cm³/mol. The highest BCUT2D eigenvalue weighted by molar-refractivity contribution is 9.10. The van der Waals surface area contributed by atoms with E-state index in [2.05, 4.69) is 21.2 Å². The highest BCUT2D eigenvalue weighted by Crippen LogP contribution is 2.22. The second-order valence-electron chi connectivity index (χ2n) is 7.56. The lowest BCUT2D eigenvalue weighted by molar-refractivity contribution is -0.135. The van der Waals surface area contributed by atoms with Gasteiger partial charge in [0.05, 0.1) is 12.1 Å². The summed E-state index contributed by atoms with van der Waals surface area (Å²) >= 11 is 3.30. The molecule has 3 rings (SSSR count). The maximum Gasteiger partial charge on any atom is 0.260 e. The number of aldehydes is 1. The minimum Gasteiger partial charge on any atom is -0.483 e. The molecule has 0 bridgehead atoms. The van der Waals surface area contributed by atoms with Crippen LogP contribution in [0.1, 0.15) is 21.5 Å². The Morgan fingerprint density at radius 1 is 1.10 bits per heavy atom. The number of carbonyl (C=O) groups excluding carboxylic acids is 3. The Kier molecular flexibility index (Phi) is 7.81. The number of nitrogens with zero attached hydrogens (tertiary/aromatic N) is 2. The van der Waals surface area contributed by atoms with Crippen molar-refractivity contribution in [2.45, 2.75) is 13.8 Å². The average Bonchev–Trinajstić information content (AvgIpc) is 2.75. The van der Waals surface area contributed by atoms with E-state index in [1.54, 1.807) is 23.1 Å². The van der Waals surface area contributed by atoms with Gasteiger partial charge in [0.25, 0.3) is 5.91 Å². The van der Waals surface area contributed by atoms with Crippen LogP contribution >= 0.6 is 15.9 Å². The van der Waals surface area contributed by atoms with Gasteiger partial charge in [-0.3, -0.25) is 19.3 Å². The maximum absolute atomic E-state index is 12.5. The van der Waals surface area contributed by atoms with Crippen molar-refractivity contribution in [3.63, 3.8) is 0 Å². The van der Waals surface area contributed by atoms with Crippen LogP contribution in [0.2, 0.25) is 0 Å². The van der Waals surface area contributed by atoms with E-state index in [0.29, 0.717) is 43.8 Å². The first-order valence-corrected chi connectivity index (χ1v) is 10.9. The standard InChI is InChI=1S/C23H26BrN3O4/c1-16-4-3-5-17(2)23(16)25-21(29)13-26-8-10-27(11-9-26)22(30)15-31-20-7-6-19(24)12-18(20)14-28/h3-7,12,14H,8-11,13,15H2,1-2H3,(H,25,29). The molecule has 1 fully saturated rings. The Morgan fingerprint density at radius 2 is 1.77 bits per heavy atom. The van der Waals surface area contributed by atoms with E-state index in [4.69, 9.17) is 4.74 Å². The first-order valence-electron chi connectivity index (χ1n) is 10.1. The number of ether oxygens (including phenoxy) is 1. The Bertz CT molecular complexity index is 951. The Morgan fingerprint density at radius 3 is 2.42 bits per heavy atom. The molecule has 2 aromatic rings. The SMILES string of the molecule is Cc1cccc(C)c1NC(=O)CN1CCN(C(=O)COc2ccc(Br)cc2C=O)CC1. The van der Waals surface area contributed by atoms with Gasteiger partial charge in [-0.2, -0.15) is 0 Å². The highest BCUT2D eigenvalue weighted by atomic mass is 79.9. The second-order valence-corrected chi connectivity index (χ2v) is 8.48. The molecule has 1 N–H and O–H groups in total. The fourth-order valence-electron chi connectivity index (χ4n) is 3.52. The van der Waals surface area contributed by atoms with Crippen LogP contribution in [0.25, 0.3) is 0 Å². The van der Waals surface area contributed by atoms with Gasteiger partial charge >= 0.3 is 0 Å². The van der Waals surface area contributed by atoms with E-state index in [9.17, 15) is 14.4 Å². The number of nitrogens with one attached hydrogen (secondary N) is 1. The van der Waals surface area contributed by atoms with Crippen LogP contribution in [0.5, 0.6) is 5.75 Å². The third kappa shape index (κ3) is 6.15. The molecule has 31 heavy (non-hydrogen) atoms. The van der Waals surface area contributed by atoms with E-state index in [0.717, 1.165) is 21.3 Å². The van der Waals surface area contributed by atoms with Crippen molar-refractivity contribution in [1.29, 1.82) is 0 Å². The van der Waals surface area contributed by atoms with Gasteiger partial charge in [0.15, 0.2) is 12.9 Å². The molecule has 7 nitrogen and oxygen atoms in total. The molecule has 0 radical (unpaired) electrons. The van der Waals surface area contributed by atoms with Crippen LogP contribution in [-0.2, 0) is 9.59 Å². The molecule has 164 valence electrons.